The minimum atomic E-state index is 0.705. The summed E-state index contributed by atoms with van der Waals surface area (Å²) in [4.78, 5) is 0. The third-order valence-electron chi connectivity index (χ3n) is 1.10. The highest BCUT2D eigenvalue weighted by atomic mass is 16.5. The molecule has 0 spiro atoms. The smallest absolute Gasteiger partial charge is 0.0965 e. The Morgan fingerprint density at radius 3 is 2.67 bits per heavy atom. The molecule has 0 aliphatic rings. The number of nitrogens with one attached hydrogen (secondary N) is 1. The Morgan fingerprint density at radius 1 is 1.33 bits per heavy atom. The molecule has 0 rings (SSSR count). The van der Waals surface area contributed by atoms with Gasteiger partial charge < -0.3 is 4.74 Å². The van der Waals surface area contributed by atoms with Crippen LogP contribution in [0.25, 0.3) is 0 Å². The average molecular weight is 131 g/mol. The maximum atomic E-state index is 5.20. The number of rotatable bonds is 6. The van der Waals surface area contributed by atoms with E-state index in [2.05, 4.69) is 19.2 Å². The van der Waals surface area contributed by atoms with Crippen LogP contribution in [0, 0.1) is 0 Å². The molecule has 1 N–H and O–H groups in total. The predicted molar refractivity (Wildman–Crippen MR) is 39.4 cm³/mol. The van der Waals surface area contributed by atoms with E-state index in [9.17, 15) is 0 Å². The number of hydrogen-bond acceptors (Lipinski definition) is 2. The van der Waals surface area contributed by atoms with Gasteiger partial charge in [0.05, 0.1) is 6.73 Å². The zero-order valence-corrected chi connectivity index (χ0v) is 6.44. The first-order chi connectivity index (χ1) is 4.41. The average Bonchev–Trinajstić information content (AvgIpc) is 1.89. The van der Waals surface area contributed by atoms with Gasteiger partial charge >= 0.3 is 0 Å². The van der Waals surface area contributed by atoms with Crippen molar-refractivity contribution in [2.45, 2.75) is 26.7 Å². The second kappa shape index (κ2) is 7.92. The molecular formula is C7H17NO. The third kappa shape index (κ3) is 7.92. The van der Waals surface area contributed by atoms with Crippen LogP contribution in [0.4, 0.5) is 0 Å². The largest absolute Gasteiger partial charge is 0.366 e. The quantitative estimate of drug-likeness (QED) is 0.434. The Balaban J connectivity index is 2.60. The second-order valence-electron chi connectivity index (χ2n) is 2.01. The van der Waals surface area contributed by atoms with Crippen molar-refractivity contribution in [2.24, 2.45) is 0 Å². The molecule has 0 atom stereocenters. The molecule has 56 valence electrons. The third-order valence-corrected chi connectivity index (χ3v) is 1.10. The van der Waals surface area contributed by atoms with Crippen molar-refractivity contribution in [1.82, 2.24) is 5.32 Å². The van der Waals surface area contributed by atoms with Crippen LogP contribution in [-0.2, 0) is 4.74 Å². The van der Waals surface area contributed by atoms with E-state index >= 15 is 0 Å². The van der Waals surface area contributed by atoms with E-state index in [0.29, 0.717) is 6.73 Å². The minimum Gasteiger partial charge on any atom is -0.366 e. The fourth-order valence-electron chi connectivity index (χ4n) is 0.493. The lowest BCUT2D eigenvalue weighted by molar-refractivity contribution is 0.115. The standard InChI is InChI=1S/C7H17NO/c1-3-5-6-9-7-8-4-2/h8H,3-7H2,1-2H3. The van der Waals surface area contributed by atoms with E-state index < -0.39 is 0 Å². The molecule has 0 aliphatic carbocycles. The molecule has 0 bridgehead atoms. The SMILES string of the molecule is CCCCOCNCC. The van der Waals surface area contributed by atoms with Crippen LogP contribution in [0.2, 0.25) is 0 Å². The summed E-state index contributed by atoms with van der Waals surface area (Å²) in [5.41, 5.74) is 0. The van der Waals surface area contributed by atoms with Gasteiger partial charge in [-0.05, 0) is 13.0 Å². The molecule has 0 saturated carbocycles. The van der Waals surface area contributed by atoms with E-state index in [4.69, 9.17) is 4.74 Å². The maximum absolute atomic E-state index is 5.20. The zero-order chi connectivity index (χ0) is 6.95. The molecule has 0 aromatic rings. The van der Waals surface area contributed by atoms with Crippen LogP contribution in [0.1, 0.15) is 26.7 Å². The Bertz CT molecular complexity index is 42.2. The molecule has 0 aromatic heterocycles. The van der Waals surface area contributed by atoms with Gasteiger partial charge in [0.25, 0.3) is 0 Å². The zero-order valence-electron chi connectivity index (χ0n) is 6.44. The molecule has 0 fully saturated rings. The van der Waals surface area contributed by atoms with E-state index in [1.807, 2.05) is 0 Å². The normalized spacial score (nSPS) is 10.0. The summed E-state index contributed by atoms with van der Waals surface area (Å²) in [6.07, 6.45) is 2.39. The number of hydrogen-bond donors (Lipinski definition) is 1. The molecule has 0 aliphatic heterocycles. The van der Waals surface area contributed by atoms with Crippen LogP contribution in [0.15, 0.2) is 0 Å². The lowest BCUT2D eigenvalue weighted by Crippen LogP contribution is -2.17. The Kier molecular flexibility index (Phi) is 7.85. The summed E-state index contributed by atoms with van der Waals surface area (Å²) in [7, 11) is 0. The Labute approximate surface area is 57.6 Å². The molecule has 0 aromatic carbocycles. The molecule has 0 heterocycles. The lowest BCUT2D eigenvalue weighted by atomic mass is 10.4. The van der Waals surface area contributed by atoms with E-state index in [1.165, 1.54) is 12.8 Å². The van der Waals surface area contributed by atoms with Crippen LogP contribution in [0.3, 0.4) is 0 Å². The monoisotopic (exact) mass is 131 g/mol. The van der Waals surface area contributed by atoms with Crippen LogP contribution >= 0.6 is 0 Å². The highest BCUT2D eigenvalue weighted by molar-refractivity contribution is 4.32. The van der Waals surface area contributed by atoms with Crippen LogP contribution < -0.4 is 5.32 Å². The van der Waals surface area contributed by atoms with E-state index in [-0.39, 0.29) is 0 Å². The van der Waals surface area contributed by atoms with Crippen molar-refractivity contribution in [3.63, 3.8) is 0 Å². The molecule has 2 nitrogen and oxygen atoms in total. The van der Waals surface area contributed by atoms with Crippen LogP contribution in [0.5, 0.6) is 0 Å². The summed E-state index contributed by atoms with van der Waals surface area (Å²) in [6, 6.07) is 0. The van der Waals surface area contributed by atoms with Gasteiger partial charge in [-0.2, -0.15) is 0 Å². The predicted octanol–water partition coefficient (Wildman–Crippen LogP) is 1.37. The number of unbranched alkanes of at least 4 members (excludes halogenated alkanes) is 1. The van der Waals surface area contributed by atoms with Crippen molar-refractivity contribution < 1.29 is 4.74 Å². The van der Waals surface area contributed by atoms with Crippen molar-refractivity contribution in [1.29, 1.82) is 0 Å². The van der Waals surface area contributed by atoms with Gasteiger partial charge in [-0.3, -0.25) is 5.32 Å². The van der Waals surface area contributed by atoms with E-state index in [1.54, 1.807) is 0 Å². The van der Waals surface area contributed by atoms with Gasteiger partial charge in [0.2, 0.25) is 0 Å². The molecule has 9 heavy (non-hydrogen) atoms. The van der Waals surface area contributed by atoms with E-state index in [0.717, 1.165) is 13.2 Å². The molecule has 0 radical (unpaired) electrons. The van der Waals surface area contributed by atoms with Gasteiger partial charge in [0.1, 0.15) is 0 Å². The van der Waals surface area contributed by atoms with Gasteiger partial charge in [0, 0.05) is 6.61 Å². The minimum absolute atomic E-state index is 0.705. The van der Waals surface area contributed by atoms with Gasteiger partial charge in [-0.15, -0.1) is 0 Å². The highest BCUT2D eigenvalue weighted by Gasteiger charge is 1.82. The number of ether oxygens (including phenoxy) is 1. The fourth-order valence-corrected chi connectivity index (χ4v) is 0.493. The molecule has 0 amide bonds. The van der Waals surface area contributed by atoms with Crippen molar-refractivity contribution in [3.8, 4) is 0 Å². The fraction of sp³-hybridized carbons (Fsp3) is 1.00. The first kappa shape index (κ1) is 8.92. The van der Waals surface area contributed by atoms with Gasteiger partial charge in [-0.1, -0.05) is 20.3 Å². The Hall–Kier alpha value is -0.0800. The summed E-state index contributed by atoms with van der Waals surface area (Å²) >= 11 is 0. The highest BCUT2D eigenvalue weighted by Crippen LogP contribution is 1.85. The summed E-state index contributed by atoms with van der Waals surface area (Å²) in [5, 5.41) is 3.08. The second-order valence-corrected chi connectivity index (χ2v) is 2.01. The Morgan fingerprint density at radius 2 is 2.11 bits per heavy atom. The first-order valence-electron chi connectivity index (χ1n) is 3.70. The van der Waals surface area contributed by atoms with Crippen LogP contribution in [-0.4, -0.2) is 19.9 Å². The van der Waals surface area contributed by atoms with Crippen molar-refractivity contribution in [3.05, 3.63) is 0 Å². The topological polar surface area (TPSA) is 21.3 Å². The molecule has 2 heteroatoms. The molecular weight excluding hydrogens is 114 g/mol. The lowest BCUT2D eigenvalue weighted by Gasteiger charge is -2.01. The first-order valence-corrected chi connectivity index (χ1v) is 3.70. The van der Waals surface area contributed by atoms with Gasteiger partial charge in [0.15, 0.2) is 0 Å². The summed E-state index contributed by atoms with van der Waals surface area (Å²) < 4.78 is 5.20. The maximum Gasteiger partial charge on any atom is 0.0965 e. The summed E-state index contributed by atoms with van der Waals surface area (Å²) in [6.45, 7) is 6.83. The molecule has 0 unspecified atom stereocenters. The molecule has 0 saturated heterocycles. The van der Waals surface area contributed by atoms with Crippen molar-refractivity contribution in [2.75, 3.05) is 19.9 Å². The van der Waals surface area contributed by atoms with Gasteiger partial charge in [-0.25, -0.2) is 0 Å². The summed E-state index contributed by atoms with van der Waals surface area (Å²) in [5.74, 6) is 0. The van der Waals surface area contributed by atoms with Crippen molar-refractivity contribution >= 4 is 0 Å².